The van der Waals surface area contributed by atoms with Crippen LogP contribution in [-0.2, 0) is 0 Å². The lowest BCUT2D eigenvalue weighted by atomic mass is 10.8. The Kier molecular flexibility index (Phi) is 5.85. The van der Waals surface area contributed by atoms with Gasteiger partial charge in [-0.2, -0.15) is 0 Å². The van der Waals surface area contributed by atoms with Crippen LogP contribution in [0, 0.1) is 0 Å². The van der Waals surface area contributed by atoms with Crippen molar-refractivity contribution in [3.8, 4) is 0 Å². The minimum Gasteiger partial charge on any atom is -0.427 e. The number of nitrogens with two attached hydrogens (primary N) is 1. The Morgan fingerprint density at radius 1 is 1.25 bits per heavy atom. The summed E-state index contributed by atoms with van der Waals surface area (Å²) < 4.78 is 1.00. The van der Waals surface area contributed by atoms with E-state index >= 15 is 0 Å². The molecule has 4 heteroatoms. The van der Waals surface area contributed by atoms with Crippen molar-refractivity contribution in [2.24, 2.45) is 11.1 Å². The molecule has 0 aromatic heterocycles. The van der Waals surface area contributed by atoms with Gasteiger partial charge in [-0.3, -0.25) is 5.22 Å². The fourth-order valence-electron chi connectivity index (χ4n) is 0. The first-order chi connectivity index (χ1) is 3.41. The lowest BCUT2D eigenvalue weighted by Crippen LogP contribution is -2.27. The molecule has 0 radical (unpaired) electrons. The van der Waals surface area contributed by atoms with Gasteiger partial charge < -0.3 is 15.9 Å². The van der Waals surface area contributed by atoms with Gasteiger partial charge in [0.1, 0.15) is 0 Å². The van der Waals surface area contributed by atoms with E-state index in [0.717, 1.165) is 4.48 Å². The molecular formula is C4H14N4. The van der Waals surface area contributed by atoms with Crippen LogP contribution in [0.2, 0.25) is 0 Å². The van der Waals surface area contributed by atoms with Gasteiger partial charge in [0.25, 0.3) is 0 Å². The van der Waals surface area contributed by atoms with Crippen molar-refractivity contribution in [1.29, 1.82) is 0 Å². The number of quaternary nitrogens is 1. The van der Waals surface area contributed by atoms with Crippen LogP contribution in [0.5, 0.6) is 0 Å². The van der Waals surface area contributed by atoms with E-state index in [1.165, 1.54) is 0 Å². The Hall–Kier alpha value is -0.640. The van der Waals surface area contributed by atoms with E-state index in [-0.39, 0.29) is 0 Å². The first-order valence-electron chi connectivity index (χ1n) is 2.25. The van der Waals surface area contributed by atoms with E-state index in [1.807, 2.05) is 5.22 Å². The normalized spacial score (nSPS) is 9.00. The molecule has 2 N–H and O–H groups in total. The molecule has 0 aliphatic rings. The maximum atomic E-state index is 6.97. The molecule has 50 valence electrons. The molecule has 8 heavy (non-hydrogen) atoms. The topological polar surface area (TPSA) is 60.7 Å². The predicted molar refractivity (Wildman–Crippen MR) is 33.9 cm³/mol. The van der Waals surface area contributed by atoms with E-state index in [9.17, 15) is 0 Å². The third kappa shape index (κ3) is 249. The van der Waals surface area contributed by atoms with Gasteiger partial charge in [-0.05, 0) is 0 Å². The zero-order valence-electron chi connectivity index (χ0n) is 5.92. The molecule has 0 bridgehead atoms. The maximum Gasteiger partial charge on any atom is 0.0675 e. The number of rotatable bonds is 0. The highest BCUT2D eigenvalue weighted by Crippen LogP contribution is 1.73. The lowest BCUT2D eigenvalue weighted by Gasteiger charge is -2.14. The Bertz CT molecular complexity index is 47.5. The summed E-state index contributed by atoms with van der Waals surface area (Å²) >= 11 is 0. The van der Waals surface area contributed by atoms with Crippen molar-refractivity contribution in [2.45, 2.75) is 0 Å². The highest BCUT2D eigenvalue weighted by molar-refractivity contribution is 3.92. The average Bonchev–Trinajstić information content (AvgIpc) is 1.27. The molecule has 0 heterocycles. The van der Waals surface area contributed by atoms with Crippen LogP contribution in [-0.4, -0.2) is 32.7 Å². The molecule has 0 saturated carbocycles. The van der Waals surface area contributed by atoms with Gasteiger partial charge in [0, 0.05) is 0 Å². The van der Waals surface area contributed by atoms with Gasteiger partial charge in [-0.15, -0.1) is 0 Å². The summed E-state index contributed by atoms with van der Waals surface area (Å²) in [5.41, 5.74) is 6.97. The largest absolute Gasteiger partial charge is 0.427 e. The minimum absolute atomic E-state index is 1.00. The lowest BCUT2D eigenvalue weighted by molar-refractivity contribution is -0.849. The zero-order valence-corrected chi connectivity index (χ0v) is 5.92. The van der Waals surface area contributed by atoms with E-state index in [2.05, 4.69) is 34.0 Å². The minimum atomic E-state index is 1.00. The first kappa shape index (κ1) is 10.4. The molecule has 0 unspecified atom stereocenters. The second-order valence-electron chi connectivity index (χ2n) is 2.80. The summed E-state index contributed by atoms with van der Waals surface area (Å²) in [5.74, 6) is 4.03. The van der Waals surface area contributed by atoms with Gasteiger partial charge in [0.05, 0.1) is 28.2 Å². The number of hydrogen-bond acceptors (Lipinski definition) is 1. The van der Waals surface area contributed by atoms with E-state index in [4.69, 9.17) is 5.53 Å². The Morgan fingerprint density at radius 2 is 1.25 bits per heavy atom. The van der Waals surface area contributed by atoms with Crippen molar-refractivity contribution in [3.63, 3.8) is 0 Å². The predicted octanol–water partition coefficient (Wildman–Crippen LogP) is 0.204. The summed E-state index contributed by atoms with van der Waals surface area (Å²) in [4.78, 5) is 0. The Labute approximate surface area is 50.4 Å². The summed E-state index contributed by atoms with van der Waals surface area (Å²) in [5, 5.41) is 2.00. The molecule has 0 aliphatic carbocycles. The van der Waals surface area contributed by atoms with E-state index < -0.39 is 0 Å². The van der Waals surface area contributed by atoms with Crippen molar-refractivity contribution >= 4 is 0 Å². The van der Waals surface area contributed by atoms with Gasteiger partial charge in [0.15, 0.2) is 0 Å². The fraction of sp³-hybridized carbons (Fsp3) is 1.00. The highest BCUT2D eigenvalue weighted by atomic mass is 15.2. The third-order valence-electron chi connectivity index (χ3n) is 0. The Morgan fingerprint density at radius 3 is 1.25 bits per heavy atom. The van der Waals surface area contributed by atoms with Crippen LogP contribution in [0.15, 0.2) is 5.22 Å². The Balaban J connectivity index is 0. The van der Waals surface area contributed by atoms with Crippen molar-refractivity contribution in [2.75, 3.05) is 28.2 Å². The fourth-order valence-corrected chi connectivity index (χ4v) is 0. The summed E-state index contributed by atoms with van der Waals surface area (Å²) in [6.45, 7) is 0. The van der Waals surface area contributed by atoms with Crippen LogP contribution < -0.4 is 5.84 Å². The molecule has 0 fully saturated rings. The van der Waals surface area contributed by atoms with E-state index in [1.54, 1.807) is 0 Å². The third-order valence-corrected chi connectivity index (χ3v) is 0. The summed E-state index contributed by atoms with van der Waals surface area (Å²) in [6.07, 6.45) is 0. The number of nitrogens with zero attached hydrogens (tertiary/aromatic N) is 3. The molecule has 0 aromatic rings. The van der Waals surface area contributed by atoms with Crippen LogP contribution >= 0.6 is 0 Å². The van der Waals surface area contributed by atoms with Gasteiger partial charge >= 0.3 is 0 Å². The van der Waals surface area contributed by atoms with Crippen molar-refractivity contribution in [3.05, 3.63) is 5.53 Å². The molecule has 0 rings (SSSR count). The second kappa shape index (κ2) is 4.52. The molecule has 0 saturated heterocycles. The molecule has 0 atom stereocenters. The van der Waals surface area contributed by atoms with Gasteiger partial charge in [-0.25, -0.2) is 0 Å². The SMILES string of the molecule is C[N+](C)(C)C.[N-]=NN. The van der Waals surface area contributed by atoms with Crippen LogP contribution in [0.4, 0.5) is 0 Å². The molecule has 4 nitrogen and oxygen atoms in total. The second-order valence-corrected chi connectivity index (χ2v) is 2.80. The standard InChI is InChI=1S/C4H12N.H2N3/c1-5(2,3)4;1-3-2/h1-4H3;(H2-,1,2)/q+1;-1. The molecular weight excluding hydrogens is 104 g/mol. The molecule has 0 amide bonds. The van der Waals surface area contributed by atoms with Gasteiger partial charge in [-0.1, -0.05) is 0 Å². The molecule has 0 aliphatic heterocycles. The quantitative estimate of drug-likeness (QED) is 0.210. The number of hydrogen-bond donors (Lipinski definition) is 1. The van der Waals surface area contributed by atoms with Crippen molar-refractivity contribution < 1.29 is 4.48 Å². The average molecular weight is 118 g/mol. The smallest absolute Gasteiger partial charge is 0.0675 e. The van der Waals surface area contributed by atoms with Crippen LogP contribution in [0.3, 0.4) is 0 Å². The van der Waals surface area contributed by atoms with Gasteiger partial charge in [0.2, 0.25) is 0 Å². The zero-order chi connectivity index (χ0) is 7.21. The highest BCUT2D eigenvalue weighted by Gasteiger charge is 1.88. The van der Waals surface area contributed by atoms with Crippen LogP contribution in [0.25, 0.3) is 5.53 Å². The monoisotopic (exact) mass is 118 g/mol. The summed E-state index contributed by atoms with van der Waals surface area (Å²) in [7, 11) is 8.50. The molecule has 0 spiro atoms. The summed E-state index contributed by atoms with van der Waals surface area (Å²) in [6, 6.07) is 0. The van der Waals surface area contributed by atoms with Crippen molar-refractivity contribution in [1.82, 2.24) is 0 Å². The van der Waals surface area contributed by atoms with Crippen LogP contribution in [0.1, 0.15) is 0 Å². The van der Waals surface area contributed by atoms with E-state index in [0.29, 0.717) is 0 Å². The first-order valence-corrected chi connectivity index (χ1v) is 2.25. The maximum absolute atomic E-state index is 6.97. The molecule has 0 aromatic carbocycles.